The highest BCUT2D eigenvalue weighted by molar-refractivity contribution is 6.33. The van der Waals surface area contributed by atoms with Crippen LogP contribution in [0.5, 0.6) is 0 Å². The van der Waals surface area contributed by atoms with Crippen molar-refractivity contribution in [2.45, 2.75) is 13.0 Å². The van der Waals surface area contributed by atoms with Gasteiger partial charge in [-0.15, -0.1) is 0 Å². The van der Waals surface area contributed by atoms with Crippen molar-refractivity contribution >= 4 is 17.3 Å². The maximum Gasteiger partial charge on any atom is 0.0642 e. The summed E-state index contributed by atoms with van der Waals surface area (Å²) < 4.78 is 5.35. The van der Waals surface area contributed by atoms with Crippen LogP contribution < -0.4 is 10.2 Å². The lowest BCUT2D eigenvalue weighted by molar-refractivity contribution is 0.122. The Labute approximate surface area is 108 Å². The smallest absolute Gasteiger partial charge is 0.0642 e. The van der Waals surface area contributed by atoms with Gasteiger partial charge in [0.2, 0.25) is 0 Å². The van der Waals surface area contributed by atoms with Gasteiger partial charge in [0.25, 0.3) is 0 Å². The van der Waals surface area contributed by atoms with Crippen LogP contribution in [0.15, 0.2) is 18.2 Å². The van der Waals surface area contributed by atoms with Crippen molar-refractivity contribution in [3.63, 3.8) is 0 Å². The van der Waals surface area contributed by atoms with Gasteiger partial charge in [0, 0.05) is 19.1 Å². The molecule has 4 heteroatoms. The maximum atomic E-state index is 6.35. The summed E-state index contributed by atoms with van der Waals surface area (Å²) in [5.41, 5.74) is 2.33. The maximum absolute atomic E-state index is 6.35. The summed E-state index contributed by atoms with van der Waals surface area (Å²) in [6.45, 7) is 5.53. The molecule has 2 rings (SSSR count). The highest BCUT2D eigenvalue weighted by Crippen LogP contribution is 2.29. The Bertz CT molecular complexity index is 378. The van der Waals surface area contributed by atoms with E-state index in [4.69, 9.17) is 16.3 Å². The van der Waals surface area contributed by atoms with E-state index in [1.54, 1.807) is 0 Å². The number of benzene rings is 1. The highest BCUT2D eigenvalue weighted by Gasteiger charge is 2.15. The van der Waals surface area contributed by atoms with E-state index in [9.17, 15) is 0 Å². The quantitative estimate of drug-likeness (QED) is 0.897. The molecule has 1 N–H and O–H groups in total. The van der Waals surface area contributed by atoms with Gasteiger partial charge < -0.3 is 15.0 Å². The van der Waals surface area contributed by atoms with E-state index in [1.807, 2.05) is 13.1 Å². The predicted octanol–water partition coefficient (Wildman–Crippen LogP) is 2.46. The molecule has 1 aromatic rings. The minimum atomic E-state index is 0.325. The molecule has 1 unspecified atom stereocenters. The monoisotopic (exact) mass is 254 g/mol. The zero-order valence-corrected chi connectivity index (χ0v) is 11.1. The molecule has 1 heterocycles. The van der Waals surface area contributed by atoms with Crippen LogP contribution in [0.4, 0.5) is 5.69 Å². The lowest BCUT2D eigenvalue weighted by atomic mass is 10.1. The second-order valence-electron chi connectivity index (χ2n) is 4.32. The minimum absolute atomic E-state index is 0.325. The van der Waals surface area contributed by atoms with Gasteiger partial charge in [-0.2, -0.15) is 0 Å². The molecule has 0 aromatic heterocycles. The number of ether oxygens (including phenoxy) is 1. The Morgan fingerprint density at radius 2 is 2.06 bits per heavy atom. The van der Waals surface area contributed by atoms with Crippen LogP contribution in [0.2, 0.25) is 5.02 Å². The summed E-state index contributed by atoms with van der Waals surface area (Å²) in [4.78, 5) is 2.28. The van der Waals surface area contributed by atoms with E-state index in [2.05, 4.69) is 29.3 Å². The Hall–Kier alpha value is -0.770. The van der Waals surface area contributed by atoms with Crippen molar-refractivity contribution in [3.05, 3.63) is 28.8 Å². The number of nitrogens with one attached hydrogen (secondary N) is 1. The Balaban J connectivity index is 2.18. The highest BCUT2D eigenvalue weighted by atomic mass is 35.5. The average Bonchev–Trinajstić information content (AvgIpc) is 2.38. The zero-order valence-electron chi connectivity index (χ0n) is 10.4. The van der Waals surface area contributed by atoms with Crippen LogP contribution in [0.25, 0.3) is 0 Å². The number of hydrogen-bond acceptors (Lipinski definition) is 3. The van der Waals surface area contributed by atoms with Crippen molar-refractivity contribution < 1.29 is 4.74 Å². The van der Waals surface area contributed by atoms with Crippen molar-refractivity contribution in [1.29, 1.82) is 0 Å². The van der Waals surface area contributed by atoms with Gasteiger partial charge in [-0.25, -0.2) is 0 Å². The van der Waals surface area contributed by atoms with Gasteiger partial charge in [0.1, 0.15) is 0 Å². The van der Waals surface area contributed by atoms with Crippen LogP contribution in [0, 0.1) is 0 Å². The molecule has 0 saturated carbocycles. The van der Waals surface area contributed by atoms with Crippen molar-refractivity contribution in [1.82, 2.24) is 5.32 Å². The predicted molar refractivity (Wildman–Crippen MR) is 72.0 cm³/mol. The molecule has 1 fully saturated rings. The normalized spacial score (nSPS) is 18.2. The molecule has 0 aliphatic carbocycles. The standard InChI is InChI=1S/C13H19ClN2O/c1-10(15-2)11-3-4-13(12(14)9-11)16-5-7-17-8-6-16/h3-4,9-10,15H,5-8H2,1-2H3. The molecule has 1 aromatic carbocycles. The summed E-state index contributed by atoms with van der Waals surface area (Å²) in [5, 5.41) is 4.04. The molecular weight excluding hydrogens is 236 g/mol. The summed E-state index contributed by atoms with van der Waals surface area (Å²) in [7, 11) is 1.95. The van der Waals surface area contributed by atoms with Crippen LogP contribution in [-0.2, 0) is 4.74 Å². The molecule has 3 nitrogen and oxygen atoms in total. The van der Waals surface area contributed by atoms with E-state index in [1.165, 1.54) is 5.56 Å². The first kappa shape index (κ1) is 12.7. The molecule has 0 bridgehead atoms. The number of nitrogens with zero attached hydrogens (tertiary/aromatic N) is 1. The van der Waals surface area contributed by atoms with Gasteiger partial charge in [0.15, 0.2) is 0 Å². The molecule has 0 spiro atoms. The molecule has 0 radical (unpaired) electrons. The number of halogens is 1. The third kappa shape index (κ3) is 2.92. The molecule has 1 aliphatic heterocycles. The van der Waals surface area contributed by atoms with Crippen LogP contribution in [-0.4, -0.2) is 33.4 Å². The second kappa shape index (κ2) is 5.71. The molecular formula is C13H19ClN2O. The lowest BCUT2D eigenvalue weighted by Crippen LogP contribution is -2.36. The molecule has 1 saturated heterocycles. The van der Waals surface area contributed by atoms with Gasteiger partial charge >= 0.3 is 0 Å². The number of morpholine rings is 1. The Morgan fingerprint density at radius 3 is 2.65 bits per heavy atom. The summed E-state index contributed by atoms with van der Waals surface area (Å²) in [6.07, 6.45) is 0. The fraction of sp³-hybridized carbons (Fsp3) is 0.538. The van der Waals surface area contributed by atoms with Crippen molar-refractivity contribution in [2.75, 3.05) is 38.3 Å². The van der Waals surface area contributed by atoms with Gasteiger partial charge in [0.05, 0.1) is 23.9 Å². The number of anilines is 1. The summed E-state index contributed by atoms with van der Waals surface area (Å²) >= 11 is 6.35. The Morgan fingerprint density at radius 1 is 1.35 bits per heavy atom. The minimum Gasteiger partial charge on any atom is -0.378 e. The third-order valence-electron chi connectivity index (χ3n) is 3.26. The van der Waals surface area contributed by atoms with E-state index >= 15 is 0 Å². The summed E-state index contributed by atoms with van der Waals surface area (Å²) in [5.74, 6) is 0. The van der Waals surface area contributed by atoms with Crippen molar-refractivity contribution in [3.8, 4) is 0 Å². The average molecular weight is 255 g/mol. The zero-order chi connectivity index (χ0) is 12.3. The molecule has 94 valence electrons. The number of hydrogen-bond donors (Lipinski definition) is 1. The van der Waals surface area contributed by atoms with Crippen LogP contribution in [0.1, 0.15) is 18.5 Å². The SMILES string of the molecule is CNC(C)c1ccc(N2CCOCC2)c(Cl)c1. The van der Waals surface area contributed by atoms with E-state index in [0.717, 1.165) is 37.0 Å². The van der Waals surface area contributed by atoms with Crippen molar-refractivity contribution in [2.24, 2.45) is 0 Å². The van der Waals surface area contributed by atoms with E-state index in [0.29, 0.717) is 6.04 Å². The first-order chi connectivity index (χ1) is 8.22. The van der Waals surface area contributed by atoms with Gasteiger partial charge in [-0.1, -0.05) is 17.7 Å². The summed E-state index contributed by atoms with van der Waals surface area (Å²) in [6, 6.07) is 6.62. The molecule has 1 aliphatic rings. The van der Waals surface area contributed by atoms with Crippen LogP contribution in [0.3, 0.4) is 0 Å². The second-order valence-corrected chi connectivity index (χ2v) is 4.73. The van der Waals surface area contributed by atoms with E-state index in [-0.39, 0.29) is 0 Å². The lowest BCUT2D eigenvalue weighted by Gasteiger charge is -2.30. The first-order valence-electron chi connectivity index (χ1n) is 6.02. The topological polar surface area (TPSA) is 24.5 Å². The van der Waals surface area contributed by atoms with Crippen LogP contribution >= 0.6 is 11.6 Å². The third-order valence-corrected chi connectivity index (χ3v) is 3.56. The molecule has 0 amide bonds. The fourth-order valence-corrected chi connectivity index (χ4v) is 2.33. The fourth-order valence-electron chi connectivity index (χ4n) is 2.02. The Kier molecular flexibility index (Phi) is 4.26. The largest absolute Gasteiger partial charge is 0.378 e. The molecule has 1 atom stereocenters. The van der Waals surface area contributed by atoms with E-state index < -0.39 is 0 Å². The first-order valence-corrected chi connectivity index (χ1v) is 6.39. The van der Waals surface area contributed by atoms with Gasteiger partial charge in [-0.05, 0) is 31.7 Å². The number of rotatable bonds is 3. The molecule has 17 heavy (non-hydrogen) atoms. The van der Waals surface area contributed by atoms with Gasteiger partial charge in [-0.3, -0.25) is 0 Å².